The van der Waals surface area contributed by atoms with Crippen LogP contribution in [-0.2, 0) is 4.79 Å². The minimum atomic E-state index is 0.839. The predicted octanol–water partition coefficient (Wildman–Crippen LogP) is 5.03. The molecule has 0 bridgehead atoms. The molecular formula is C18H26O2. The van der Waals surface area contributed by atoms with Gasteiger partial charge in [-0.05, 0) is 42.2 Å². The molecule has 0 radical (unpaired) electrons. The van der Waals surface area contributed by atoms with Gasteiger partial charge in [-0.15, -0.1) is 0 Å². The maximum absolute atomic E-state index is 11.1. The molecule has 1 aromatic rings. The Labute approximate surface area is 122 Å². The number of unbranched alkanes of at least 4 members (excludes halogenated alkanes) is 5. The number of allylic oxidation sites excluding steroid dienone is 1. The van der Waals surface area contributed by atoms with Crippen molar-refractivity contribution in [1.29, 1.82) is 0 Å². The van der Waals surface area contributed by atoms with Crippen molar-refractivity contribution in [3.05, 3.63) is 35.4 Å². The molecule has 0 unspecified atom stereocenters. The largest absolute Gasteiger partial charge is 0.497 e. The lowest BCUT2D eigenvalue weighted by Gasteiger charge is -2.03. The second-order valence-electron chi connectivity index (χ2n) is 5.13. The third-order valence-electron chi connectivity index (χ3n) is 3.44. The fourth-order valence-electron chi connectivity index (χ4n) is 2.19. The van der Waals surface area contributed by atoms with Crippen molar-refractivity contribution in [3.8, 4) is 5.75 Å². The first-order chi connectivity index (χ1) is 9.80. The lowest BCUT2D eigenvalue weighted by atomic mass is 10.0. The Morgan fingerprint density at radius 1 is 1.05 bits per heavy atom. The molecule has 110 valence electrons. The maximum Gasteiger partial charge on any atom is 0.146 e. The van der Waals surface area contributed by atoms with Crippen molar-refractivity contribution in [1.82, 2.24) is 0 Å². The second-order valence-corrected chi connectivity index (χ2v) is 5.13. The summed E-state index contributed by atoms with van der Waals surface area (Å²) in [5.74, 6) is 0.839. The van der Waals surface area contributed by atoms with E-state index in [-0.39, 0.29) is 0 Å². The number of benzene rings is 1. The van der Waals surface area contributed by atoms with Crippen molar-refractivity contribution in [2.24, 2.45) is 0 Å². The van der Waals surface area contributed by atoms with Crippen LogP contribution in [0.5, 0.6) is 5.75 Å². The van der Waals surface area contributed by atoms with Crippen LogP contribution in [0.4, 0.5) is 0 Å². The molecule has 0 N–H and O–H groups in total. The average Bonchev–Trinajstić information content (AvgIpc) is 2.50. The Hall–Kier alpha value is -1.57. The summed E-state index contributed by atoms with van der Waals surface area (Å²) in [7, 11) is 1.65. The number of carbonyl (C=O) groups excluding carboxylic acids is 1. The fraction of sp³-hybridized carbons (Fsp3) is 0.500. The third-order valence-corrected chi connectivity index (χ3v) is 3.44. The highest BCUT2D eigenvalue weighted by molar-refractivity contribution is 5.81. The van der Waals surface area contributed by atoms with E-state index in [0.29, 0.717) is 0 Å². The zero-order valence-electron chi connectivity index (χ0n) is 12.7. The molecule has 0 fully saturated rings. The van der Waals surface area contributed by atoms with E-state index in [9.17, 15) is 4.79 Å². The molecule has 2 heteroatoms. The Morgan fingerprint density at radius 3 is 2.30 bits per heavy atom. The van der Waals surface area contributed by atoms with Crippen molar-refractivity contribution >= 4 is 12.4 Å². The van der Waals surface area contributed by atoms with Crippen molar-refractivity contribution in [2.75, 3.05) is 7.11 Å². The summed E-state index contributed by atoms with van der Waals surface area (Å²) in [5.41, 5.74) is 1.93. The van der Waals surface area contributed by atoms with Crippen LogP contribution in [0.25, 0.3) is 6.08 Å². The molecule has 0 atom stereocenters. The highest BCUT2D eigenvalue weighted by Crippen LogP contribution is 2.16. The Kier molecular flexibility index (Phi) is 8.44. The molecular weight excluding hydrogens is 248 g/mol. The fourth-order valence-corrected chi connectivity index (χ4v) is 2.19. The summed E-state index contributed by atoms with van der Waals surface area (Å²) in [4.78, 5) is 11.1. The Balaban J connectivity index is 2.40. The van der Waals surface area contributed by atoms with Gasteiger partial charge < -0.3 is 4.74 Å². The van der Waals surface area contributed by atoms with Gasteiger partial charge in [0.05, 0.1) is 7.11 Å². The summed E-state index contributed by atoms with van der Waals surface area (Å²) in [6, 6.07) is 7.78. The van der Waals surface area contributed by atoms with E-state index in [4.69, 9.17) is 4.74 Å². The molecule has 0 heterocycles. The standard InChI is InChI=1S/C18H26O2/c1-3-4-5-6-7-8-9-17(15-19)14-16-10-12-18(20-2)13-11-16/h10-15H,3-9H2,1-2H3/b17-14+. The lowest BCUT2D eigenvalue weighted by molar-refractivity contribution is -0.105. The molecule has 1 rings (SSSR count). The van der Waals surface area contributed by atoms with Gasteiger partial charge in [-0.25, -0.2) is 0 Å². The molecule has 0 aliphatic rings. The monoisotopic (exact) mass is 274 g/mol. The van der Waals surface area contributed by atoms with Gasteiger partial charge in [0.25, 0.3) is 0 Å². The lowest BCUT2D eigenvalue weighted by Crippen LogP contribution is -1.88. The highest BCUT2D eigenvalue weighted by atomic mass is 16.5. The van der Waals surface area contributed by atoms with Gasteiger partial charge in [0, 0.05) is 0 Å². The van der Waals surface area contributed by atoms with Crippen molar-refractivity contribution in [3.63, 3.8) is 0 Å². The van der Waals surface area contributed by atoms with E-state index >= 15 is 0 Å². The normalized spacial score (nSPS) is 11.4. The quantitative estimate of drug-likeness (QED) is 0.340. The van der Waals surface area contributed by atoms with Gasteiger partial charge >= 0.3 is 0 Å². The Bertz CT molecular complexity index is 404. The van der Waals surface area contributed by atoms with E-state index in [1.165, 1.54) is 32.1 Å². The van der Waals surface area contributed by atoms with Crippen LogP contribution in [-0.4, -0.2) is 13.4 Å². The van der Waals surface area contributed by atoms with Crippen LogP contribution in [0.2, 0.25) is 0 Å². The SMILES string of the molecule is CCCCCCCC/C(C=O)=C\c1ccc(OC)cc1. The minimum Gasteiger partial charge on any atom is -0.497 e. The number of carbonyl (C=O) groups is 1. The molecule has 20 heavy (non-hydrogen) atoms. The van der Waals surface area contributed by atoms with Crippen LogP contribution in [0.15, 0.2) is 29.8 Å². The molecule has 0 saturated heterocycles. The number of hydrogen-bond donors (Lipinski definition) is 0. The predicted molar refractivity (Wildman–Crippen MR) is 85.0 cm³/mol. The van der Waals surface area contributed by atoms with Crippen LogP contribution >= 0.6 is 0 Å². The van der Waals surface area contributed by atoms with E-state index in [1.807, 2.05) is 30.3 Å². The second kappa shape index (κ2) is 10.2. The van der Waals surface area contributed by atoms with Crippen LogP contribution in [0.3, 0.4) is 0 Å². The molecule has 0 aliphatic heterocycles. The van der Waals surface area contributed by atoms with Gasteiger partial charge in [0.2, 0.25) is 0 Å². The first kappa shape index (κ1) is 16.5. The molecule has 2 nitrogen and oxygen atoms in total. The molecule has 0 aromatic heterocycles. The first-order valence-electron chi connectivity index (χ1n) is 7.60. The first-order valence-corrected chi connectivity index (χ1v) is 7.60. The number of ether oxygens (including phenoxy) is 1. The number of methoxy groups -OCH3 is 1. The zero-order chi connectivity index (χ0) is 14.6. The van der Waals surface area contributed by atoms with Gasteiger partial charge in [0.1, 0.15) is 12.0 Å². The van der Waals surface area contributed by atoms with Crippen molar-refractivity contribution < 1.29 is 9.53 Å². The summed E-state index contributed by atoms with van der Waals surface area (Å²) < 4.78 is 5.12. The summed E-state index contributed by atoms with van der Waals surface area (Å²) in [6.07, 6.45) is 11.3. The Morgan fingerprint density at radius 2 is 1.70 bits per heavy atom. The zero-order valence-corrected chi connectivity index (χ0v) is 12.7. The smallest absolute Gasteiger partial charge is 0.146 e. The number of rotatable bonds is 10. The van der Waals surface area contributed by atoms with Crippen LogP contribution < -0.4 is 4.74 Å². The van der Waals surface area contributed by atoms with E-state index in [0.717, 1.165) is 36.0 Å². The topological polar surface area (TPSA) is 26.3 Å². The molecule has 0 amide bonds. The molecule has 1 aromatic carbocycles. The summed E-state index contributed by atoms with van der Waals surface area (Å²) in [6.45, 7) is 2.22. The van der Waals surface area contributed by atoms with Crippen molar-refractivity contribution in [2.45, 2.75) is 51.9 Å². The maximum atomic E-state index is 11.1. The molecule has 0 aliphatic carbocycles. The molecule has 0 spiro atoms. The van der Waals surface area contributed by atoms with Gasteiger partial charge in [-0.2, -0.15) is 0 Å². The van der Waals surface area contributed by atoms with E-state index in [2.05, 4.69) is 6.92 Å². The van der Waals surface area contributed by atoms with Gasteiger partial charge in [-0.1, -0.05) is 51.2 Å². The number of aldehydes is 1. The van der Waals surface area contributed by atoms with Gasteiger partial charge in [0.15, 0.2) is 0 Å². The minimum absolute atomic E-state index is 0.839. The van der Waals surface area contributed by atoms with E-state index in [1.54, 1.807) is 7.11 Å². The van der Waals surface area contributed by atoms with Crippen LogP contribution in [0.1, 0.15) is 57.4 Å². The van der Waals surface area contributed by atoms with E-state index < -0.39 is 0 Å². The third kappa shape index (κ3) is 6.55. The van der Waals surface area contributed by atoms with Gasteiger partial charge in [-0.3, -0.25) is 4.79 Å². The number of hydrogen-bond acceptors (Lipinski definition) is 2. The van der Waals surface area contributed by atoms with Crippen LogP contribution in [0, 0.1) is 0 Å². The highest BCUT2D eigenvalue weighted by Gasteiger charge is 1.98. The average molecular weight is 274 g/mol. The molecule has 0 saturated carbocycles. The summed E-state index contributed by atoms with van der Waals surface area (Å²) >= 11 is 0. The summed E-state index contributed by atoms with van der Waals surface area (Å²) in [5, 5.41) is 0.